The molecule has 0 aromatic carbocycles. The van der Waals surface area contributed by atoms with E-state index in [1.807, 2.05) is 0 Å². The Balaban J connectivity index is 1.88. The predicted octanol–water partition coefficient (Wildman–Crippen LogP) is 3.62. The van der Waals surface area contributed by atoms with E-state index in [4.69, 9.17) is 4.74 Å². The fourth-order valence-electron chi connectivity index (χ4n) is 6.97. The van der Waals surface area contributed by atoms with E-state index in [0.29, 0.717) is 5.92 Å². The van der Waals surface area contributed by atoms with Crippen molar-refractivity contribution in [1.29, 1.82) is 0 Å². The van der Waals surface area contributed by atoms with Gasteiger partial charge < -0.3 is 9.84 Å². The third-order valence-corrected chi connectivity index (χ3v) is 7.95. The van der Waals surface area contributed by atoms with Crippen molar-refractivity contribution in [3.8, 4) is 0 Å². The first-order chi connectivity index (χ1) is 9.14. The van der Waals surface area contributed by atoms with Crippen LogP contribution in [0.1, 0.15) is 66.2 Å². The van der Waals surface area contributed by atoms with Crippen molar-refractivity contribution in [2.75, 3.05) is 0 Å². The molecule has 1 saturated heterocycles. The quantitative estimate of drug-likeness (QED) is 0.785. The maximum Gasteiger partial charge on any atom is 0.306 e. The lowest BCUT2D eigenvalue weighted by molar-refractivity contribution is -0.139. The van der Waals surface area contributed by atoms with Crippen LogP contribution in [0.2, 0.25) is 0 Å². The normalized spacial score (nSPS) is 53.3. The maximum absolute atomic E-state index is 11.4. The fraction of sp³-hybridized carbons (Fsp3) is 0.941. The lowest BCUT2D eigenvalue weighted by atomic mass is 9.45. The van der Waals surface area contributed by atoms with Crippen molar-refractivity contribution in [2.24, 2.45) is 22.2 Å². The zero-order valence-electron chi connectivity index (χ0n) is 13.1. The molecule has 20 heavy (non-hydrogen) atoms. The van der Waals surface area contributed by atoms with Crippen LogP contribution in [-0.4, -0.2) is 22.3 Å². The smallest absolute Gasteiger partial charge is 0.306 e. The molecule has 0 amide bonds. The number of ether oxygens (including phenoxy) is 1. The van der Waals surface area contributed by atoms with Crippen molar-refractivity contribution >= 4 is 5.97 Å². The summed E-state index contributed by atoms with van der Waals surface area (Å²) in [6, 6.07) is 0. The Morgan fingerprint density at radius 3 is 2.55 bits per heavy atom. The highest BCUT2D eigenvalue weighted by molar-refractivity contribution is 5.70. The third-order valence-electron chi connectivity index (χ3n) is 7.95. The molecule has 3 saturated carbocycles. The van der Waals surface area contributed by atoms with Gasteiger partial charge in [0.2, 0.25) is 0 Å². The number of fused-ring (bicyclic) bond motifs is 1. The lowest BCUT2D eigenvalue weighted by Gasteiger charge is -2.55. The van der Waals surface area contributed by atoms with Crippen LogP contribution in [0.15, 0.2) is 0 Å². The number of hydrogen-bond acceptors (Lipinski definition) is 2. The minimum absolute atomic E-state index is 0.123. The van der Waals surface area contributed by atoms with Gasteiger partial charge in [-0.1, -0.05) is 27.7 Å². The topological polar surface area (TPSA) is 49.8 Å². The van der Waals surface area contributed by atoms with E-state index in [-0.39, 0.29) is 33.9 Å². The van der Waals surface area contributed by atoms with E-state index in [2.05, 4.69) is 27.7 Å². The van der Waals surface area contributed by atoms with Gasteiger partial charge in [-0.3, -0.25) is 4.79 Å². The number of carboxylic acids is 1. The summed E-state index contributed by atoms with van der Waals surface area (Å²) in [5, 5.41) is 9.36. The van der Waals surface area contributed by atoms with E-state index < -0.39 is 5.97 Å². The molecule has 4 unspecified atom stereocenters. The molecule has 3 heteroatoms. The number of carboxylic acid groups (broad SMARTS) is 1. The number of aliphatic carboxylic acids is 1. The molecular weight excluding hydrogens is 252 g/mol. The van der Waals surface area contributed by atoms with E-state index >= 15 is 0 Å². The summed E-state index contributed by atoms with van der Waals surface area (Å²) < 4.78 is 6.48. The Morgan fingerprint density at radius 1 is 1.20 bits per heavy atom. The van der Waals surface area contributed by atoms with Gasteiger partial charge in [0.25, 0.3) is 0 Å². The molecule has 2 spiro atoms. The molecule has 1 N–H and O–H groups in total. The summed E-state index contributed by atoms with van der Waals surface area (Å²) in [4.78, 5) is 11.4. The van der Waals surface area contributed by atoms with Crippen molar-refractivity contribution in [1.82, 2.24) is 0 Å². The highest BCUT2D eigenvalue weighted by Gasteiger charge is 2.92. The van der Waals surface area contributed by atoms with E-state index in [0.717, 1.165) is 12.8 Å². The third kappa shape index (κ3) is 1.00. The lowest BCUT2D eigenvalue weighted by Crippen LogP contribution is -2.59. The molecule has 0 aromatic heterocycles. The molecule has 3 aliphatic carbocycles. The van der Waals surface area contributed by atoms with Gasteiger partial charge in [-0.25, -0.2) is 0 Å². The number of carbonyl (C=O) groups is 1. The van der Waals surface area contributed by atoms with Crippen LogP contribution in [-0.2, 0) is 9.53 Å². The van der Waals surface area contributed by atoms with Gasteiger partial charge in [0.05, 0.1) is 6.42 Å². The van der Waals surface area contributed by atoms with Crippen molar-refractivity contribution in [3.05, 3.63) is 0 Å². The van der Waals surface area contributed by atoms with Crippen LogP contribution in [0.4, 0.5) is 0 Å². The zero-order valence-corrected chi connectivity index (χ0v) is 13.1. The van der Waals surface area contributed by atoms with Crippen LogP contribution in [0, 0.1) is 22.2 Å². The number of epoxide rings is 1. The van der Waals surface area contributed by atoms with Crippen molar-refractivity contribution in [2.45, 2.75) is 77.4 Å². The summed E-state index contributed by atoms with van der Waals surface area (Å²) in [6.45, 7) is 9.46. The first-order valence-corrected chi connectivity index (χ1v) is 8.06. The average Bonchev–Trinajstić information content (AvgIpc) is 2.71. The molecule has 112 valence electrons. The molecule has 4 atom stereocenters. The second kappa shape index (κ2) is 3.11. The SMILES string of the molecule is CC1(C)CCC2(CC(=O)O)OC23C(C)(C)C2CCC13C2. The molecule has 3 nitrogen and oxygen atoms in total. The minimum atomic E-state index is -0.699. The standard InChI is InChI=1S/C17H26O3/c1-13(2)7-8-16(10-12(18)19)17(20-16)14(3,4)11-5-6-15(13,17)9-11/h11H,5-10H2,1-4H3,(H,18,19). The Hall–Kier alpha value is -0.570. The number of rotatable bonds is 2. The minimum Gasteiger partial charge on any atom is -0.481 e. The molecular formula is C17H26O3. The predicted molar refractivity (Wildman–Crippen MR) is 75.4 cm³/mol. The van der Waals surface area contributed by atoms with E-state index in [1.165, 1.54) is 19.3 Å². The summed E-state index contributed by atoms with van der Waals surface area (Å²) in [6.07, 6.45) is 5.99. The van der Waals surface area contributed by atoms with E-state index in [9.17, 15) is 9.90 Å². The summed E-state index contributed by atoms with van der Waals surface area (Å²) in [5.41, 5.74) is 0.0668. The molecule has 0 aromatic rings. The van der Waals surface area contributed by atoms with Gasteiger partial charge >= 0.3 is 5.97 Å². The maximum atomic E-state index is 11.4. The number of hydrogen-bond donors (Lipinski definition) is 1. The van der Waals surface area contributed by atoms with Crippen LogP contribution < -0.4 is 0 Å². The van der Waals surface area contributed by atoms with Gasteiger partial charge in [0, 0.05) is 10.8 Å². The largest absolute Gasteiger partial charge is 0.481 e. The van der Waals surface area contributed by atoms with Crippen molar-refractivity contribution in [3.63, 3.8) is 0 Å². The zero-order chi connectivity index (χ0) is 14.6. The molecule has 4 fully saturated rings. The monoisotopic (exact) mass is 278 g/mol. The van der Waals surface area contributed by atoms with Gasteiger partial charge in [0.15, 0.2) is 0 Å². The van der Waals surface area contributed by atoms with Gasteiger partial charge in [-0.15, -0.1) is 0 Å². The van der Waals surface area contributed by atoms with Crippen molar-refractivity contribution < 1.29 is 14.6 Å². The van der Waals surface area contributed by atoms with Crippen LogP contribution >= 0.6 is 0 Å². The Labute approximate surface area is 121 Å². The van der Waals surface area contributed by atoms with Gasteiger partial charge in [0.1, 0.15) is 11.2 Å². The summed E-state index contributed by atoms with van der Waals surface area (Å²) in [5.74, 6) is 0.00542. The first kappa shape index (κ1) is 13.1. The van der Waals surface area contributed by atoms with Gasteiger partial charge in [-0.05, 0) is 43.4 Å². The average molecular weight is 278 g/mol. The van der Waals surface area contributed by atoms with E-state index in [1.54, 1.807) is 0 Å². The Bertz CT molecular complexity index is 508. The second-order valence-electron chi connectivity index (χ2n) is 8.98. The Kier molecular flexibility index (Phi) is 2.04. The van der Waals surface area contributed by atoms with Gasteiger partial charge in [-0.2, -0.15) is 0 Å². The summed E-state index contributed by atoms with van der Waals surface area (Å²) in [7, 11) is 0. The summed E-state index contributed by atoms with van der Waals surface area (Å²) >= 11 is 0. The molecule has 2 bridgehead atoms. The molecule has 4 rings (SSSR count). The first-order valence-electron chi connectivity index (χ1n) is 8.06. The molecule has 0 radical (unpaired) electrons. The fourth-order valence-corrected chi connectivity index (χ4v) is 6.97. The Morgan fingerprint density at radius 2 is 1.90 bits per heavy atom. The van der Waals surface area contributed by atoms with Crippen LogP contribution in [0.3, 0.4) is 0 Å². The second-order valence-corrected chi connectivity index (χ2v) is 8.98. The van der Waals surface area contributed by atoms with Crippen LogP contribution in [0.5, 0.6) is 0 Å². The molecule has 1 heterocycles. The highest BCUT2D eigenvalue weighted by atomic mass is 16.6. The van der Waals surface area contributed by atoms with Crippen LogP contribution in [0.25, 0.3) is 0 Å². The molecule has 1 aliphatic heterocycles. The highest BCUT2D eigenvalue weighted by Crippen LogP contribution is 2.87. The molecule has 4 aliphatic rings.